The van der Waals surface area contributed by atoms with Crippen LogP contribution in [0.3, 0.4) is 0 Å². The summed E-state index contributed by atoms with van der Waals surface area (Å²) in [5.41, 5.74) is 1.61. The first-order chi connectivity index (χ1) is 8.58. The molecule has 0 aliphatic carbocycles. The van der Waals surface area contributed by atoms with Gasteiger partial charge in [-0.3, -0.25) is 4.79 Å². The van der Waals surface area contributed by atoms with Gasteiger partial charge in [0, 0.05) is 19.5 Å². The van der Waals surface area contributed by atoms with Crippen LogP contribution in [0, 0.1) is 0 Å². The lowest BCUT2D eigenvalue weighted by molar-refractivity contribution is 0.0979. The smallest absolute Gasteiger partial charge is 0.166 e. The summed E-state index contributed by atoms with van der Waals surface area (Å²) in [4.78, 5) is 16.1. The molecule has 0 aliphatic rings. The summed E-state index contributed by atoms with van der Waals surface area (Å²) in [5, 5.41) is 19.0. The molecule has 0 bridgehead atoms. The van der Waals surface area contributed by atoms with Crippen LogP contribution < -0.4 is 0 Å². The number of aromatic nitrogens is 2. The molecule has 0 atom stereocenters. The molecule has 1 heterocycles. The van der Waals surface area contributed by atoms with E-state index in [2.05, 4.69) is 4.98 Å². The number of hydrogen-bond acceptors (Lipinski definition) is 4. The van der Waals surface area contributed by atoms with Crippen molar-refractivity contribution in [1.29, 1.82) is 0 Å². The van der Waals surface area contributed by atoms with Crippen molar-refractivity contribution in [1.82, 2.24) is 9.55 Å². The average molecular weight is 248 g/mol. The van der Waals surface area contributed by atoms with Crippen LogP contribution in [0.5, 0.6) is 5.75 Å². The van der Waals surface area contributed by atoms with Gasteiger partial charge in [0.2, 0.25) is 0 Å². The van der Waals surface area contributed by atoms with Gasteiger partial charge in [-0.05, 0) is 12.5 Å². The first kappa shape index (κ1) is 12.6. The Labute approximate surface area is 105 Å². The van der Waals surface area contributed by atoms with E-state index in [1.807, 2.05) is 6.92 Å². The second-order valence-electron chi connectivity index (χ2n) is 4.28. The Morgan fingerprint density at radius 1 is 1.44 bits per heavy atom. The molecular weight excluding hydrogens is 232 g/mol. The maximum absolute atomic E-state index is 11.8. The van der Waals surface area contributed by atoms with Crippen molar-refractivity contribution in [3.05, 3.63) is 23.5 Å². The van der Waals surface area contributed by atoms with Crippen molar-refractivity contribution >= 4 is 16.8 Å². The Balaban J connectivity index is 2.58. The highest BCUT2D eigenvalue weighted by Gasteiger charge is 2.15. The minimum absolute atomic E-state index is 0.0339. The molecule has 5 nitrogen and oxygen atoms in total. The van der Waals surface area contributed by atoms with Crippen LogP contribution in [0.25, 0.3) is 11.0 Å². The van der Waals surface area contributed by atoms with Gasteiger partial charge in [-0.25, -0.2) is 4.98 Å². The quantitative estimate of drug-likeness (QED) is 0.808. The van der Waals surface area contributed by atoms with Gasteiger partial charge in [0.15, 0.2) is 5.78 Å². The third-order valence-electron chi connectivity index (χ3n) is 3.01. The highest BCUT2D eigenvalue weighted by atomic mass is 16.3. The summed E-state index contributed by atoms with van der Waals surface area (Å²) in [6.07, 6.45) is 1.14. The number of hydrogen-bond donors (Lipinski definition) is 2. The number of phenolic OH excluding ortho intramolecular Hbond substituents is 1. The normalized spacial score (nSPS) is 11.1. The summed E-state index contributed by atoms with van der Waals surface area (Å²) >= 11 is 0. The first-order valence-corrected chi connectivity index (χ1v) is 5.90. The number of carbonyl (C=O) groups is 1. The van der Waals surface area contributed by atoms with E-state index in [-0.39, 0.29) is 18.1 Å². The molecule has 0 unspecified atom stereocenters. The topological polar surface area (TPSA) is 75.3 Å². The predicted octanol–water partition coefficient (Wildman–Crippen LogP) is 1.75. The van der Waals surface area contributed by atoms with Crippen molar-refractivity contribution in [2.75, 3.05) is 0 Å². The number of carbonyl (C=O) groups excluding carboxylic acids is 1. The number of benzene rings is 1. The monoisotopic (exact) mass is 248 g/mol. The number of aliphatic hydroxyl groups is 1. The number of aromatic hydroxyl groups is 1. The van der Waals surface area contributed by atoms with Crippen molar-refractivity contribution in [2.24, 2.45) is 7.05 Å². The van der Waals surface area contributed by atoms with E-state index in [0.29, 0.717) is 28.8 Å². The van der Waals surface area contributed by atoms with Crippen molar-refractivity contribution < 1.29 is 15.0 Å². The first-order valence-electron chi connectivity index (χ1n) is 5.90. The third kappa shape index (κ3) is 1.97. The summed E-state index contributed by atoms with van der Waals surface area (Å²) in [7, 11) is 1.76. The van der Waals surface area contributed by atoms with Crippen LogP contribution in [0.1, 0.15) is 35.9 Å². The van der Waals surface area contributed by atoms with Crippen LogP contribution >= 0.6 is 0 Å². The molecule has 0 radical (unpaired) electrons. The molecule has 0 fully saturated rings. The fourth-order valence-electron chi connectivity index (χ4n) is 2.00. The molecule has 0 aliphatic heterocycles. The van der Waals surface area contributed by atoms with E-state index in [1.54, 1.807) is 17.7 Å². The number of nitrogens with zero attached hydrogens (tertiary/aromatic N) is 2. The molecule has 2 aromatic rings. The second kappa shape index (κ2) is 4.78. The number of fused-ring (bicyclic) bond motifs is 1. The Kier molecular flexibility index (Phi) is 3.34. The number of aryl methyl sites for hydroxylation is 1. The number of rotatable bonds is 4. The zero-order valence-corrected chi connectivity index (χ0v) is 10.5. The van der Waals surface area contributed by atoms with E-state index >= 15 is 0 Å². The van der Waals surface area contributed by atoms with Crippen molar-refractivity contribution in [2.45, 2.75) is 26.4 Å². The standard InChI is InChI=1S/C13H16N2O3/c1-3-4-11(17)8-5-9-10(6-12(8)18)15(2)13(7-16)14-9/h5-6,16,18H,3-4,7H2,1-2H3. The fraction of sp³-hybridized carbons (Fsp3) is 0.385. The van der Waals surface area contributed by atoms with Crippen LogP contribution in [-0.2, 0) is 13.7 Å². The number of imidazole rings is 1. The van der Waals surface area contributed by atoms with Gasteiger partial charge < -0.3 is 14.8 Å². The maximum Gasteiger partial charge on any atom is 0.166 e. The highest BCUT2D eigenvalue weighted by molar-refractivity contribution is 6.01. The molecule has 18 heavy (non-hydrogen) atoms. The zero-order chi connectivity index (χ0) is 13.3. The van der Waals surface area contributed by atoms with E-state index < -0.39 is 0 Å². The van der Waals surface area contributed by atoms with Gasteiger partial charge in [0.1, 0.15) is 18.2 Å². The minimum Gasteiger partial charge on any atom is -0.507 e. The number of aliphatic hydroxyl groups excluding tert-OH is 1. The van der Waals surface area contributed by atoms with E-state index in [1.165, 1.54) is 6.07 Å². The van der Waals surface area contributed by atoms with Crippen molar-refractivity contribution in [3.8, 4) is 5.75 Å². The highest BCUT2D eigenvalue weighted by Crippen LogP contribution is 2.26. The lowest BCUT2D eigenvalue weighted by atomic mass is 10.1. The summed E-state index contributed by atoms with van der Waals surface area (Å²) in [6, 6.07) is 3.10. The number of phenols is 1. The number of Topliss-reactive ketones (excluding diaryl/α,β-unsaturated/α-hetero) is 1. The molecule has 2 N–H and O–H groups in total. The molecule has 0 amide bonds. The Bertz CT molecular complexity index is 602. The van der Waals surface area contributed by atoms with E-state index in [4.69, 9.17) is 5.11 Å². The van der Waals surface area contributed by atoms with Crippen LogP contribution in [0.4, 0.5) is 0 Å². The van der Waals surface area contributed by atoms with Gasteiger partial charge in [-0.2, -0.15) is 0 Å². The fourth-order valence-corrected chi connectivity index (χ4v) is 2.00. The van der Waals surface area contributed by atoms with E-state index in [9.17, 15) is 9.90 Å². The predicted molar refractivity (Wildman–Crippen MR) is 67.5 cm³/mol. The van der Waals surface area contributed by atoms with Gasteiger partial charge in [0.05, 0.1) is 16.6 Å². The van der Waals surface area contributed by atoms with Gasteiger partial charge >= 0.3 is 0 Å². The van der Waals surface area contributed by atoms with Crippen LogP contribution in [-0.4, -0.2) is 25.5 Å². The Hall–Kier alpha value is -1.88. The van der Waals surface area contributed by atoms with Crippen LogP contribution in [0.15, 0.2) is 12.1 Å². The second-order valence-corrected chi connectivity index (χ2v) is 4.28. The largest absolute Gasteiger partial charge is 0.507 e. The lowest BCUT2D eigenvalue weighted by Crippen LogP contribution is -1.99. The summed E-state index contributed by atoms with van der Waals surface area (Å²) in [5.74, 6) is 0.381. The SMILES string of the molecule is CCCC(=O)c1cc2nc(CO)n(C)c2cc1O. The Morgan fingerprint density at radius 3 is 2.78 bits per heavy atom. The molecule has 5 heteroatoms. The lowest BCUT2D eigenvalue weighted by Gasteiger charge is -2.04. The van der Waals surface area contributed by atoms with Crippen LogP contribution in [0.2, 0.25) is 0 Å². The van der Waals surface area contributed by atoms with Crippen molar-refractivity contribution in [3.63, 3.8) is 0 Å². The molecule has 1 aromatic heterocycles. The molecule has 96 valence electrons. The molecule has 1 aromatic carbocycles. The minimum atomic E-state index is -0.176. The van der Waals surface area contributed by atoms with Gasteiger partial charge in [0.25, 0.3) is 0 Å². The molecule has 0 saturated carbocycles. The molecular formula is C13H16N2O3. The summed E-state index contributed by atoms with van der Waals surface area (Å²) < 4.78 is 1.70. The Morgan fingerprint density at radius 2 is 2.17 bits per heavy atom. The molecule has 2 rings (SSSR count). The van der Waals surface area contributed by atoms with Gasteiger partial charge in [-0.15, -0.1) is 0 Å². The van der Waals surface area contributed by atoms with Gasteiger partial charge in [-0.1, -0.05) is 6.92 Å². The third-order valence-corrected chi connectivity index (χ3v) is 3.01. The molecule has 0 saturated heterocycles. The zero-order valence-electron chi connectivity index (χ0n) is 10.5. The average Bonchev–Trinajstić information content (AvgIpc) is 2.65. The maximum atomic E-state index is 11.8. The van der Waals surface area contributed by atoms with E-state index in [0.717, 1.165) is 6.42 Å². The summed E-state index contributed by atoms with van der Waals surface area (Å²) in [6.45, 7) is 1.74. The molecule has 0 spiro atoms. The number of ketones is 1.